The number of likely N-dealkylation sites (tertiary alicyclic amines) is 1. The minimum atomic E-state index is -0.184. The summed E-state index contributed by atoms with van der Waals surface area (Å²) in [6, 6.07) is 7.65. The van der Waals surface area contributed by atoms with Gasteiger partial charge in [0, 0.05) is 82.2 Å². The molecule has 4 aromatic rings. The average Bonchev–Trinajstić information content (AvgIpc) is 3.70. The van der Waals surface area contributed by atoms with Crippen molar-refractivity contribution in [3.63, 3.8) is 0 Å². The van der Waals surface area contributed by atoms with Gasteiger partial charge >= 0.3 is 0 Å². The summed E-state index contributed by atoms with van der Waals surface area (Å²) in [7, 11) is 3.22. The Balaban J connectivity index is 0.000000183. The number of ether oxygens (including phenoxy) is 4. The summed E-state index contributed by atoms with van der Waals surface area (Å²) in [5, 5.41) is 9.44. The molecule has 2 aliphatic heterocycles. The number of amides is 2. The first-order valence-corrected chi connectivity index (χ1v) is 16.9. The summed E-state index contributed by atoms with van der Waals surface area (Å²) in [6.45, 7) is 8.62. The molecular weight excluding hydrogens is 673 g/mol. The third-order valence-electron chi connectivity index (χ3n) is 6.79. The van der Waals surface area contributed by atoms with Crippen LogP contribution in [0.5, 0.6) is 11.8 Å². The van der Waals surface area contributed by atoms with E-state index in [9.17, 15) is 14.4 Å². The van der Waals surface area contributed by atoms with Crippen molar-refractivity contribution in [3.8, 4) is 11.8 Å². The van der Waals surface area contributed by atoms with Gasteiger partial charge in [-0.15, -0.1) is 11.3 Å². The number of aldehydes is 1. The number of thiazole rings is 2. The first kappa shape index (κ1) is 37.4. The minimum Gasteiger partial charge on any atom is -0.481 e. The van der Waals surface area contributed by atoms with E-state index in [4.69, 9.17) is 18.9 Å². The van der Waals surface area contributed by atoms with E-state index >= 15 is 0 Å². The molecule has 15 nitrogen and oxygen atoms in total. The number of nitrogens with one attached hydrogen (secondary N) is 3. The molecule has 0 aliphatic carbocycles. The maximum absolute atomic E-state index is 11.0. The molecule has 0 unspecified atom stereocenters. The Morgan fingerprint density at radius 2 is 1.41 bits per heavy atom. The highest BCUT2D eigenvalue weighted by atomic mass is 32.1. The number of nitrogens with zero attached hydrogens (tertiary/aromatic N) is 5. The summed E-state index contributed by atoms with van der Waals surface area (Å²) in [4.78, 5) is 51.7. The van der Waals surface area contributed by atoms with Gasteiger partial charge in [-0.2, -0.15) is 0 Å². The van der Waals surface area contributed by atoms with E-state index < -0.39 is 0 Å². The molecule has 17 heteroatoms. The molecule has 0 spiro atoms. The number of anilines is 2. The first-order valence-electron chi connectivity index (χ1n) is 15.3. The van der Waals surface area contributed by atoms with Crippen LogP contribution in [0.3, 0.4) is 0 Å². The van der Waals surface area contributed by atoms with Crippen molar-refractivity contribution in [2.75, 3.05) is 51.0 Å². The fourth-order valence-electron chi connectivity index (χ4n) is 4.23. The van der Waals surface area contributed by atoms with E-state index in [1.165, 1.54) is 31.4 Å². The summed E-state index contributed by atoms with van der Waals surface area (Å²) in [6.07, 6.45) is 8.00. The van der Waals surface area contributed by atoms with Crippen LogP contribution in [-0.2, 0) is 38.8 Å². The molecule has 2 saturated heterocycles. The molecule has 49 heavy (non-hydrogen) atoms. The Hall–Kier alpha value is -4.39. The number of methoxy groups -OCH3 is 2. The van der Waals surface area contributed by atoms with Gasteiger partial charge in [-0.25, -0.2) is 19.9 Å². The minimum absolute atomic E-state index is 0.0962. The van der Waals surface area contributed by atoms with Crippen LogP contribution < -0.4 is 25.4 Å². The molecule has 3 N–H and O–H groups in total. The van der Waals surface area contributed by atoms with E-state index in [1.807, 2.05) is 30.5 Å². The van der Waals surface area contributed by atoms with Gasteiger partial charge in [0.2, 0.25) is 23.6 Å². The maximum Gasteiger partial charge on any atom is 0.223 e. The summed E-state index contributed by atoms with van der Waals surface area (Å²) in [5.41, 5.74) is 2.16. The largest absolute Gasteiger partial charge is 0.481 e. The Morgan fingerprint density at radius 3 is 1.90 bits per heavy atom. The van der Waals surface area contributed by atoms with Gasteiger partial charge in [-0.05, 0) is 23.3 Å². The number of aromatic nitrogens is 4. The van der Waals surface area contributed by atoms with Crippen LogP contribution in [0, 0.1) is 0 Å². The molecule has 2 aliphatic rings. The van der Waals surface area contributed by atoms with Crippen LogP contribution in [-0.4, -0.2) is 95.5 Å². The highest BCUT2D eigenvalue weighted by Crippen LogP contribution is 2.23. The molecular formula is C32H40N8O7S2. The van der Waals surface area contributed by atoms with Gasteiger partial charge in [-0.1, -0.05) is 11.3 Å². The first-order chi connectivity index (χ1) is 23.7. The quantitative estimate of drug-likeness (QED) is 0.172. The zero-order valence-corrected chi connectivity index (χ0v) is 29.3. The number of pyridine rings is 2. The second-order valence-electron chi connectivity index (χ2n) is 10.8. The number of rotatable bonds is 13. The van der Waals surface area contributed by atoms with Crippen LogP contribution in [0.15, 0.2) is 49.1 Å². The third kappa shape index (κ3) is 13.2. The molecule has 0 radical (unpaired) electrons. The zero-order valence-electron chi connectivity index (χ0n) is 27.7. The van der Waals surface area contributed by atoms with Crippen molar-refractivity contribution in [2.45, 2.75) is 45.8 Å². The summed E-state index contributed by atoms with van der Waals surface area (Å²) < 4.78 is 21.6. The fourth-order valence-corrected chi connectivity index (χ4v) is 5.81. The van der Waals surface area contributed by atoms with Gasteiger partial charge in [0.25, 0.3) is 0 Å². The van der Waals surface area contributed by atoms with Crippen molar-refractivity contribution >= 4 is 51.0 Å². The van der Waals surface area contributed by atoms with Gasteiger partial charge in [-0.3, -0.25) is 19.3 Å². The van der Waals surface area contributed by atoms with E-state index in [0.29, 0.717) is 52.5 Å². The topological polar surface area (TPSA) is 179 Å². The predicted octanol–water partition coefficient (Wildman–Crippen LogP) is 3.40. The van der Waals surface area contributed by atoms with Gasteiger partial charge in [0.1, 0.15) is 0 Å². The van der Waals surface area contributed by atoms with Crippen molar-refractivity contribution in [2.24, 2.45) is 0 Å². The lowest BCUT2D eigenvalue weighted by Gasteiger charge is -2.38. The van der Waals surface area contributed by atoms with Crippen LogP contribution in [0.4, 0.5) is 10.3 Å². The molecule has 2 amide bonds. The van der Waals surface area contributed by atoms with Crippen LogP contribution in [0.2, 0.25) is 0 Å². The summed E-state index contributed by atoms with van der Waals surface area (Å²) in [5.74, 6) is 0.960. The molecule has 4 aromatic heterocycles. The number of hydrogen-bond donors (Lipinski definition) is 3. The van der Waals surface area contributed by atoms with Gasteiger partial charge in [0.15, 0.2) is 16.5 Å². The van der Waals surface area contributed by atoms with Crippen molar-refractivity contribution in [1.29, 1.82) is 0 Å². The monoisotopic (exact) mass is 712 g/mol. The molecule has 2 fully saturated rings. The average molecular weight is 713 g/mol. The molecule has 262 valence electrons. The normalized spacial score (nSPS) is 14.1. The maximum atomic E-state index is 11.0. The molecule has 0 saturated carbocycles. The van der Waals surface area contributed by atoms with Crippen LogP contribution in [0.1, 0.15) is 39.5 Å². The van der Waals surface area contributed by atoms with Crippen molar-refractivity contribution in [3.05, 3.63) is 69.9 Å². The Morgan fingerprint density at radius 1 is 0.857 bits per heavy atom. The number of hydrogen-bond acceptors (Lipinski definition) is 15. The number of carbonyl (C=O) groups excluding carboxylic acids is 3. The zero-order chi connectivity index (χ0) is 35.0. The predicted molar refractivity (Wildman–Crippen MR) is 185 cm³/mol. The fraction of sp³-hybridized carbons (Fsp3) is 0.406. The Bertz CT molecular complexity index is 1640. The Labute approximate surface area is 292 Å². The molecule has 0 bridgehead atoms. The lowest BCUT2D eigenvalue weighted by atomic mass is 10.1. The molecule has 6 rings (SSSR count). The Kier molecular flexibility index (Phi) is 14.9. The highest BCUT2D eigenvalue weighted by Gasteiger charge is 2.28. The van der Waals surface area contributed by atoms with Gasteiger partial charge < -0.3 is 34.9 Å². The van der Waals surface area contributed by atoms with E-state index in [-0.39, 0.29) is 17.9 Å². The smallest absolute Gasteiger partial charge is 0.223 e. The molecule has 0 aromatic carbocycles. The van der Waals surface area contributed by atoms with Crippen LogP contribution >= 0.6 is 22.7 Å². The van der Waals surface area contributed by atoms with E-state index in [1.54, 1.807) is 26.6 Å². The lowest BCUT2D eigenvalue weighted by Crippen LogP contribution is -2.51. The number of carbonyl (C=O) groups is 3. The lowest BCUT2D eigenvalue weighted by molar-refractivity contribution is -0.115. The van der Waals surface area contributed by atoms with Crippen LogP contribution in [0.25, 0.3) is 0 Å². The summed E-state index contributed by atoms with van der Waals surface area (Å²) >= 11 is 2.66. The SMILES string of the molecule is CC(=O)Nc1ncc(C=O)s1.COc1cc(COC2CN(Cc3cnc(NC(C)=O)s3)C2)ccn1.COc1cc(COC2CNC2)ccn1. The second kappa shape index (κ2) is 19.6. The van der Waals surface area contributed by atoms with Crippen molar-refractivity contribution in [1.82, 2.24) is 30.2 Å². The molecule has 0 atom stereocenters. The third-order valence-corrected chi connectivity index (χ3v) is 8.53. The molecule has 6 heterocycles. The van der Waals surface area contributed by atoms with E-state index in [2.05, 4.69) is 40.8 Å². The van der Waals surface area contributed by atoms with Gasteiger partial charge in [0.05, 0.1) is 50.7 Å². The standard InChI is InChI=1S/C16H20N4O3S.C10H14N2O2.C6H6N2O2S/c1-11(21)19-16-18-6-14(24-16)9-20-7-13(8-20)23-10-12-3-4-17-15(5-12)22-2;1-13-10-4-8(2-3-12-10)7-14-9-5-11-6-9;1-4(10)8-6-7-2-5(3-9)11-6/h3-6,13H,7-10H2,1-2H3,(H,18,19,21);2-4,9,11H,5-7H2,1H3;2-3H,1H3,(H,7,8,10). The second-order valence-corrected chi connectivity index (χ2v) is 13.0. The highest BCUT2D eigenvalue weighted by molar-refractivity contribution is 7.17. The van der Waals surface area contributed by atoms with E-state index in [0.717, 1.165) is 60.1 Å². The van der Waals surface area contributed by atoms with Crippen molar-refractivity contribution < 1.29 is 33.3 Å².